The lowest BCUT2D eigenvalue weighted by atomic mass is 9.69. The number of hydrogen-bond acceptors (Lipinski definition) is 4. The fraction of sp³-hybridized carbons (Fsp3) is 0.435. The van der Waals surface area contributed by atoms with Crippen LogP contribution in [0.2, 0.25) is 0 Å². The quantitative estimate of drug-likeness (QED) is 0.659. The summed E-state index contributed by atoms with van der Waals surface area (Å²) in [6.45, 7) is 6.69. The van der Waals surface area contributed by atoms with Crippen LogP contribution in [0, 0.1) is 12.3 Å². The van der Waals surface area contributed by atoms with Crippen molar-refractivity contribution in [2.75, 3.05) is 20.2 Å². The second-order valence-corrected chi connectivity index (χ2v) is 8.64. The molecule has 3 aliphatic heterocycles. The smallest absolute Gasteiger partial charge is 0.308 e. The number of piperidine rings is 1. The van der Waals surface area contributed by atoms with Gasteiger partial charge in [0.2, 0.25) is 5.89 Å². The molecule has 1 aromatic carbocycles. The summed E-state index contributed by atoms with van der Waals surface area (Å²) >= 11 is 0. The fourth-order valence-corrected chi connectivity index (χ4v) is 5.83. The highest BCUT2D eigenvalue weighted by Gasteiger charge is 2.49. The van der Waals surface area contributed by atoms with Crippen molar-refractivity contribution in [2.24, 2.45) is 5.41 Å². The van der Waals surface area contributed by atoms with Crippen molar-refractivity contribution in [3.63, 3.8) is 0 Å². The topological polar surface area (TPSA) is 43.4 Å². The van der Waals surface area contributed by atoms with Crippen LogP contribution in [-0.4, -0.2) is 34.7 Å². The second kappa shape index (κ2) is 5.51. The number of oxazole rings is 1. The SMILES string of the molecule is COc1oc(C2=C[C@]3(C)CCCN4CCc5c(n2c2ccccc52)C43)nc1C. The lowest BCUT2D eigenvalue weighted by Crippen LogP contribution is -2.49. The van der Waals surface area contributed by atoms with E-state index in [0.717, 1.165) is 24.4 Å². The third-order valence-corrected chi connectivity index (χ3v) is 6.94. The molecule has 5 heteroatoms. The number of methoxy groups -OCH3 is 1. The summed E-state index contributed by atoms with van der Waals surface area (Å²) in [6, 6.07) is 9.20. The van der Waals surface area contributed by atoms with E-state index in [-0.39, 0.29) is 5.41 Å². The Hall–Kier alpha value is -2.53. The van der Waals surface area contributed by atoms with Crippen molar-refractivity contribution in [1.82, 2.24) is 14.5 Å². The Bertz CT molecular complexity index is 1140. The molecule has 2 atom stereocenters. The molecule has 1 unspecified atom stereocenters. The van der Waals surface area contributed by atoms with Gasteiger partial charge in [0.1, 0.15) is 11.4 Å². The summed E-state index contributed by atoms with van der Waals surface area (Å²) < 4.78 is 13.9. The standard InChI is InChI=1S/C23H25N3O2/c1-14-22(27-3)28-21(24-14)18-13-23(2)10-6-11-25-12-9-16-15-7-4-5-8-17(15)26(18)19(16)20(23)25/h4-5,7-8,13,20H,6,9-12H2,1-3H3/t20?,23-/m0/s1. The van der Waals surface area contributed by atoms with Gasteiger partial charge in [-0.2, -0.15) is 0 Å². The van der Waals surface area contributed by atoms with E-state index in [4.69, 9.17) is 14.1 Å². The maximum absolute atomic E-state index is 6.05. The molecule has 144 valence electrons. The zero-order valence-corrected chi connectivity index (χ0v) is 16.7. The number of benzene rings is 1. The van der Waals surface area contributed by atoms with E-state index in [9.17, 15) is 0 Å². The van der Waals surface area contributed by atoms with Crippen molar-refractivity contribution in [3.05, 3.63) is 53.2 Å². The molecule has 5 nitrogen and oxygen atoms in total. The van der Waals surface area contributed by atoms with Crippen LogP contribution in [0.4, 0.5) is 0 Å². The molecule has 0 aliphatic carbocycles. The normalized spacial score (nSPS) is 26.2. The molecular formula is C23H25N3O2. The van der Waals surface area contributed by atoms with Gasteiger partial charge in [0, 0.05) is 23.0 Å². The van der Waals surface area contributed by atoms with Gasteiger partial charge in [0.05, 0.1) is 18.7 Å². The maximum atomic E-state index is 6.05. The van der Waals surface area contributed by atoms with Gasteiger partial charge in [-0.05, 0) is 50.4 Å². The summed E-state index contributed by atoms with van der Waals surface area (Å²) in [4.78, 5) is 7.42. The predicted octanol–water partition coefficient (Wildman–Crippen LogP) is 4.55. The number of ether oxygens (including phenoxy) is 1. The molecule has 3 aliphatic rings. The molecular weight excluding hydrogens is 350 g/mol. The van der Waals surface area contributed by atoms with Crippen molar-refractivity contribution in [3.8, 4) is 5.95 Å². The number of fused-ring (bicyclic) bond motifs is 3. The highest BCUT2D eigenvalue weighted by atomic mass is 16.6. The zero-order chi connectivity index (χ0) is 19.0. The van der Waals surface area contributed by atoms with E-state index in [1.54, 1.807) is 7.11 Å². The molecule has 0 saturated carbocycles. The Labute approximate surface area is 164 Å². The molecule has 0 amide bonds. The minimum atomic E-state index is 0.0861. The van der Waals surface area contributed by atoms with E-state index >= 15 is 0 Å². The van der Waals surface area contributed by atoms with Crippen LogP contribution in [0.1, 0.15) is 48.6 Å². The average Bonchev–Trinajstić information content (AvgIpc) is 3.24. The molecule has 1 fully saturated rings. The molecule has 1 saturated heterocycles. The van der Waals surface area contributed by atoms with E-state index in [1.165, 1.54) is 41.5 Å². The van der Waals surface area contributed by atoms with Crippen molar-refractivity contribution in [2.45, 2.75) is 39.2 Å². The summed E-state index contributed by atoms with van der Waals surface area (Å²) in [5.74, 6) is 1.15. The molecule has 0 spiro atoms. The molecule has 2 aromatic heterocycles. The number of nitrogens with zero attached hydrogens (tertiary/aromatic N) is 3. The predicted molar refractivity (Wildman–Crippen MR) is 108 cm³/mol. The Morgan fingerprint density at radius 1 is 1.25 bits per heavy atom. The molecule has 0 bridgehead atoms. The maximum Gasteiger partial charge on any atom is 0.308 e. The van der Waals surface area contributed by atoms with E-state index in [2.05, 4.69) is 46.7 Å². The van der Waals surface area contributed by atoms with Gasteiger partial charge in [-0.3, -0.25) is 4.90 Å². The lowest BCUT2D eigenvalue weighted by molar-refractivity contribution is 0.0409. The Kier molecular flexibility index (Phi) is 3.23. The summed E-state index contributed by atoms with van der Waals surface area (Å²) in [7, 11) is 1.63. The molecule has 3 aromatic rings. The monoisotopic (exact) mass is 375 g/mol. The van der Waals surface area contributed by atoms with Crippen LogP contribution in [-0.2, 0) is 6.42 Å². The first kappa shape index (κ1) is 16.4. The number of rotatable bonds is 2. The third-order valence-electron chi connectivity index (χ3n) is 6.94. The molecule has 28 heavy (non-hydrogen) atoms. The first-order valence-electron chi connectivity index (χ1n) is 10.2. The fourth-order valence-electron chi connectivity index (χ4n) is 5.83. The molecule has 0 radical (unpaired) electrons. The van der Waals surface area contributed by atoms with Gasteiger partial charge in [0.25, 0.3) is 0 Å². The van der Waals surface area contributed by atoms with Crippen LogP contribution in [0.5, 0.6) is 5.95 Å². The summed E-state index contributed by atoms with van der Waals surface area (Å²) in [6.07, 6.45) is 5.95. The number of para-hydroxylation sites is 1. The van der Waals surface area contributed by atoms with Gasteiger partial charge in [-0.25, -0.2) is 4.98 Å². The Morgan fingerprint density at radius 3 is 2.93 bits per heavy atom. The Balaban J connectivity index is 1.70. The van der Waals surface area contributed by atoms with Gasteiger partial charge in [-0.1, -0.05) is 25.1 Å². The van der Waals surface area contributed by atoms with Crippen molar-refractivity contribution >= 4 is 16.6 Å². The van der Waals surface area contributed by atoms with Gasteiger partial charge in [-0.15, -0.1) is 0 Å². The van der Waals surface area contributed by atoms with E-state index in [1.807, 2.05) is 6.92 Å². The molecule has 6 rings (SSSR count). The van der Waals surface area contributed by atoms with Gasteiger partial charge >= 0.3 is 5.95 Å². The number of aromatic nitrogens is 2. The minimum absolute atomic E-state index is 0.0861. The second-order valence-electron chi connectivity index (χ2n) is 8.64. The van der Waals surface area contributed by atoms with Crippen LogP contribution in [0.3, 0.4) is 0 Å². The van der Waals surface area contributed by atoms with Crippen molar-refractivity contribution < 1.29 is 9.15 Å². The largest absolute Gasteiger partial charge is 0.467 e. The highest BCUT2D eigenvalue weighted by Crippen LogP contribution is 2.56. The molecule has 0 N–H and O–H groups in total. The van der Waals surface area contributed by atoms with Crippen LogP contribution in [0.25, 0.3) is 16.6 Å². The first-order chi connectivity index (χ1) is 13.6. The average molecular weight is 375 g/mol. The summed E-state index contributed by atoms with van der Waals surface area (Å²) in [5, 5.41) is 1.37. The third kappa shape index (κ3) is 1.97. The van der Waals surface area contributed by atoms with Gasteiger partial charge in [0.15, 0.2) is 0 Å². The number of aryl methyl sites for hydroxylation is 1. The Morgan fingerprint density at radius 2 is 2.11 bits per heavy atom. The molecule has 5 heterocycles. The van der Waals surface area contributed by atoms with E-state index < -0.39 is 0 Å². The number of hydrogen-bond donors (Lipinski definition) is 0. The van der Waals surface area contributed by atoms with Crippen LogP contribution < -0.4 is 4.74 Å². The van der Waals surface area contributed by atoms with Crippen molar-refractivity contribution in [1.29, 1.82) is 0 Å². The van der Waals surface area contributed by atoms with Crippen LogP contribution >= 0.6 is 0 Å². The van der Waals surface area contributed by atoms with E-state index in [0.29, 0.717) is 17.9 Å². The lowest BCUT2D eigenvalue weighted by Gasteiger charge is -2.52. The van der Waals surface area contributed by atoms with Gasteiger partial charge < -0.3 is 13.7 Å². The zero-order valence-electron chi connectivity index (χ0n) is 16.7. The van der Waals surface area contributed by atoms with Crippen LogP contribution in [0.15, 0.2) is 34.8 Å². The highest BCUT2D eigenvalue weighted by molar-refractivity contribution is 5.91. The first-order valence-corrected chi connectivity index (χ1v) is 10.2. The summed E-state index contributed by atoms with van der Waals surface area (Å²) in [5.41, 5.74) is 6.14. The minimum Gasteiger partial charge on any atom is -0.467 e.